The molecular weight excluding hydrogens is 596 g/mol. The van der Waals surface area contributed by atoms with Crippen LogP contribution in [-0.4, -0.2) is 113 Å². The molecule has 1 fully saturated rings. The molecule has 0 aromatic rings. The summed E-state index contributed by atoms with van der Waals surface area (Å²) < 4.78 is 15.7. The summed E-state index contributed by atoms with van der Waals surface area (Å²) in [7, 11) is 0. The first-order valence-corrected chi connectivity index (χ1v) is 17.5. The third kappa shape index (κ3) is 16.6. The first kappa shape index (κ1) is 41.9. The molecule has 0 radical (unpaired) electrons. The number of carbonyl (C=O) groups excluding carboxylic acids is 3. The Morgan fingerprint density at radius 1 is 0.783 bits per heavy atom. The van der Waals surface area contributed by atoms with Gasteiger partial charge in [0.15, 0.2) is 12.4 Å². The molecule has 2 amide bonds. The van der Waals surface area contributed by atoms with Gasteiger partial charge in [-0.15, -0.1) is 0 Å². The SMILES string of the molecule is CCCCCCCC/C=C\CCCCCCCC(C(=O)NCC(=O)OCC)N(CCOCCC)C(=O)C1O[C@@H](O)C(O)[C@H](O)[C@@H]1O. The number of nitrogens with one attached hydrogen (secondary N) is 1. The van der Waals surface area contributed by atoms with E-state index < -0.39 is 54.5 Å². The fraction of sp³-hybridized carbons (Fsp3) is 0.853. The van der Waals surface area contributed by atoms with Crippen molar-refractivity contribution < 1.29 is 49.0 Å². The molecule has 0 aliphatic carbocycles. The van der Waals surface area contributed by atoms with Gasteiger partial charge in [0.1, 0.15) is 30.9 Å². The molecule has 3 unspecified atom stereocenters. The number of nitrogens with zero attached hydrogens (tertiary/aromatic N) is 1. The molecule has 0 aromatic heterocycles. The van der Waals surface area contributed by atoms with Crippen molar-refractivity contribution in [3.63, 3.8) is 0 Å². The number of aliphatic hydroxyl groups is 4. The minimum absolute atomic E-state index is 0.0390. The van der Waals surface area contributed by atoms with Gasteiger partial charge in [-0.05, 0) is 45.4 Å². The summed E-state index contributed by atoms with van der Waals surface area (Å²) in [5.74, 6) is -2.05. The molecule has 1 aliphatic heterocycles. The van der Waals surface area contributed by atoms with E-state index in [1.165, 1.54) is 43.4 Å². The Balaban J connectivity index is 2.80. The van der Waals surface area contributed by atoms with Crippen molar-refractivity contribution in [3.05, 3.63) is 12.2 Å². The molecule has 1 rings (SSSR count). The number of ether oxygens (including phenoxy) is 3. The van der Waals surface area contributed by atoms with Gasteiger partial charge in [0.05, 0.1) is 13.2 Å². The predicted octanol–water partition coefficient (Wildman–Crippen LogP) is 3.13. The topological polar surface area (TPSA) is 175 Å². The second kappa shape index (κ2) is 25.9. The zero-order valence-corrected chi connectivity index (χ0v) is 28.4. The number of hydrogen-bond acceptors (Lipinski definition) is 10. The van der Waals surface area contributed by atoms with Crippen LogP contribution in [-0.2, 0) is 28.6 Å². The number of carbonyl (C=O) groups is 3. The van der Waals surface area contributed by atoms with Crippen LogP contribution in [0, 0.1) is 0 Å². The Hall–Kier alpha value is -2.09. The average Bonchev–Trinajstić information content (AvgIpc) is 3.04. The highest BCUT2D eigenvalue weighted by Gasteiger charge is 2.48. The molecule has 12 nitrogen and oxygen atoms in total. The number of esters is 1. The summed E-state index contributed by atoms with van der Waals surface area (Å²) in [6, 6.07) is -1.05. The average molecular weight is 659 g/mol. The minimum Gasteiger partial charge on any atom is -0.465 e. The van der Waals surface area contributed by atoms with Crippen LogP contribution in [0.25, 0.3) is 0 Å². The smallest absolute Gasteiger partial charge is 0.325 e. The maximum atomic E-state index is 13.7. The molecule has 0 aromatic carbocycles. The van der Waals surface area contributed by atoms with Crippen LogP contribution >= 0.6 is 0 Å². The van der Waals surface area contributed by atoms with Crippen molar-refractivity contribution in [2.24, 2.45) is 0 Å². The van der Waals surface area contributed by atoms with Crippen LogP contribution in [0.3, 0.4) is 0 Å². The highest BCUT2D eigenvalue weighted by Crippen LogP contribution is 2.24. The number of unbranched alkanes of at least 4 members (excludes halogenated alkanes) is 11. The standard InChI is InChI=1S/C34H62N2O10/c1-4-7-8-9-10-11-12-13-14-15-16-17-18-19-20-21-26(32(41)35-25-27(37)45-6-3)36(22-24-44-23-5-2)33(42)31-29(39)28(38)30(40)34(43)46-31/h13-14,26,28-31,34,38-40,43H,4-12,15-25H2,1-3H3,(H,35,41)/b14-13-/t26?,28-,29+,30?,31?,34-/m1/s1. The summed E-state index contributed by atoms with van der Waals surface area (Å²) in [4.78, 5) is 40.3. The van der Waals surface area contributed by atoms with E-state index >= 15 is 0 Å². The molecular formula is C34H62N2O10. The fourth-order valence-electron chi connectivity index (χ4n) is 5.38. The molecule has 0 saturated carbocycles. The largest absolute Gasteiger partial charge is 0.465 e. The van der Waals surface area contributed by atoms with E-state index in [0.717, 1.165) is 44.9 Å². The van der Waals surface area contributed by atoms with Crippen LogP contribution in [0.1, 0.15) is 117 Å². The van der Waals surface area contributed by atoms with Gasteiger partial charge in [0.2, 0.25) is 5.91 Å². The molecule has 1 aliphatic rings. The number of hydrogen-bond donors (Lipinski definition) is 5. The van der Waals surface area contributed by atoms with E-state index in [2.05, 4.69) is 24.4 Å². The van der Waals surface area contributed by atoms with Gasteiger partial charge in [-0.2, -0.15) is 0 Å². The zero-order valence-electron chi connectivity index (χ0n) is 28.4. The van der Waals surface area contributed by atoms with Crippen molar-refractivity contribution in [1.29, 1.82) is 0 Å². The van der Waals surface area contributed by atoms with E-state index in [1.54, 1.807) is 6.92 Å². The van der Waals surface area contributed by atoms with Crippen molar-refractivity contribution in [2.75, 3.05) is 32.9 Å². The second-order valence-electron chi connectivity index (χ2n) is 12.0. The van der Waals surface area contributed by atoms with Gasteiger partial charge in [-0.25, -0.2) is 0 Å². The Morgan fingerprint density at radius 3 is 2.00 bits per heavy atom. The van der Waals surface area contributed by atoms with E-state index in [-0.39, 0.29) is 32.7 Å². The van der Waals surface area contributed by atoms with Gasteiger partial charge in [0, 0.05) is 13.2 Å². The van der Waals surface area contributed by atoms with E-state index in [9.17, 15) is 34.8 Å². The molecule has 1 heterocycles. The molecule has 5 N–H and O–H groups in total. The van der Waals surface area contributed by atoms with Crippen molar-refractivity contribution in [3.8, 4) is 0 Å². The molecule has 0 spiro atoms. The van der Waals surface area contributed by atoms with E-state index in [1.807, 2.05) is 6.92 Å². The third-order valence-corrected chi connectivity index (χ3v) is 8.07. The predicted molar refractivity (Wildman–Crippen MR) is 175 cm³/mol. The molecule has 6 atom stereocenters. The normalized spacial score (nSPS) is 22.1. The molecule has 268 valence electrons. The van der Waals surface area contributed by atoms with E-state index in [4.69, 9.17) is 14.2 Å². The maximum Gasteiger partial charge on any atom is 0.325 e. The molecule has 0 bridgehead atoms. The second-order valence-corrected chi connectivity index (χ2v) is 12.0. The summed E-state index contributed by atoms with van der Waals surface area (Å²) in [6.07, 6.45) is 10.9. The Labute approximate surface area is 275 Å². The number of aliphatic hydroxyl groups excluding tert-OH is 4. The quantitative estimate of drug-likeness (QED) is 0.0528. The van der Waals surface area contributed by atoms with Crippen LogP contribution in [0.5, 0.6) is 0 Å². The lowest BCUT2D eigenvalue weighted by atomic mass is 9.96. The summed E-state index contributed by atoms with van der Waals surface area (Å²) in [5.41, 5.74) is 0. The van der Waals surface area contributed by atoms with Crippen molar-refractivity contribution >= 4 is 17.8 Å². The monoisotopic (exact) mass is 658 g/mol. The highest BCUT2D eigenvalue weighted by molar-refractivity contribution is 5.91. The van der Waals surface area contributed by atoms with E-state index in [0.29, 0.717) is 13.0 Å². The number of allylic oxidation sites excluding steroid dienone is 2. The van der Waals surface area contributed by atoms with Gasteiger partial charge >= 0.3 is 5.97 Å². The van der Waals surface area contributed by atoms with Gasteiger partial charge in [-0.1, -0.05) is 83.8 Å². The Morgan fingerprint density at radius 2 is 1.39 bits per heavy atom. The maximum absolute atomic E-state index is 13.7. The summed E-state index contributed by atoms with van der Waals surface area (Å²) in [6.45, 7) is 6.07. The Bertz CT molecular complexity index is 858. The number of rotatable bonds is 26. The van der Waals surface area contributed by atoms with Crippen molar-refractivity contribution in [2.45, 2.75) is 154 Å². The molecule has 1 saturated heterocycles. The Kier molecular flexibility index (Phi) is 23.6. The van der Waals surface area contributed by atoms with Gasteiger partial charge in [0.25, 0.3) is 5.91 Å². The third-order valence-electron chi connectivity index (χ3n) is 8.07. The first-order chi connectivity index (χ1) is 22.2. The highest BCUT2D eigenvalue weighted by atomic mass is 16.6. The van der Waals surface area contributed by atoms with Gasteiger partial charge in [-0.3, -0.25) is 14.4 Å². The van der Waals surface area contributed by atoms with Crippen molar-refractivity contribution in [1.82, 2.24) is 10.2 Å². The van der Waals surface area contributed by atoms with Crippen LogP contribution < -0.4 is 5.32 Å². The minimum atomic E-state index is -1.91. The molecule has 12 heteroatoms. The number of amides is 2. The first-order valence-electron chi connectivity index (χ1n) is 17.5. The fourth-order valence-corrected chi connectivity index (χ4v) is 5.38. The lowest BCUT2D eigenvalue weighted by Gasteiger charge is -2.41. The summed E-state index contributed by atoms with van der Waals surface area (Å²) in [5, 5.41) is 43.2. The summed E-state index contributed by atoms with van der Waals surface area (Å²) >= 11 is 0. The molecule has 46 heavy (non-hydrogen) atoms. The lowest BCUT2D eigenvalue weighted by molar-refractivity contribution is -0.278. The zero-order chi connectivity index (χ0) is 34.2. The lowest BCUT2D eigenvalue weighted by Crippen LogP contribution is -2.64. The van der Waals surface area contributed by atoms with Crippen LogP contribution in [0.4, 0.5) is 0 Å². The van der Waals surface area contributed by atoms with Gasteiger partial charge < -0.3 is 44.9 Å². The van der Waals surface area contributed by atoms with Crippen LogP contribution in [0.15, 0.2) is 12.2 Å². The van der Waals surface area contributed by atoms with Crippen LogP contribution in [0.2, 0.25) is 0 Å².